The van der Waals surface area contributed by atoms with E-state index in [1.807, 2.05) is 0 Å². The van der Waals surface area contributed by atoms with Gasteiger partial charge in [0, 0.05) is 5.92 Å². The van der Waals surface area contributed by atoms with Crippen LogP contribution in [0.1, 0.15) is 43.8 Å². The first-order valence-corrected chi connectivity index (χ1v) is 6.67. The van der Waals surface area contributed by atoms with Crippen LogP contribution < -0.4 is 0 Å². The number of fused-ring (bicyclic) bond motifs is 1. The Labute approximate surface area is 104 Å². The van der Waals surface area contributed by atoms with Gasteiger partial charge < -0.3 is 5.11 Å². The number of carboxylic acid groups (broad SMARTS) is 1. The molecule has 2 atom stereocenters. The highest BCUT2D eigenvalue weighted by atomic mass is 16.4. The Morgan fingerprint density at radius 1 is 1.33 bits per heavy atom. The molecule has 6 heteroatoms. The number of aliphatic carboxylic acids is 1. The fourth-order valence-corrected chi connectivity index (χ4v) is 3.42. The molecule has 96 valence electrons. The Bertz CT molecular complexity index is 498. The fourth-order valence-electron chi connectivity index (χ4n) is 3.42. The second-order valence-electron chi connectivity index (χ2n) is 6.20. The summed E-state index contributed by atoms with van der Waals surface area (Å²) in [6.45, 7) is 0.441. The number of aromatic nitrogens is 4. The van der Waals surface area contributed by atoms with E-state index in [4.69, 9.17) is 0 Å². The van der Waals surface area contributed by atoms with Crippen LogP contribution in [0.15, 0.2) is 0 Å². The van der Waals surface area contributed by atoms with Crippen molar-refractivity contribution in [3.05, 3.63) is 5.82 Å². The lowest BCUT2D eigenvalue weighted by Gasteiger charge is -2.14. The first-order chi connectivity index (χ1) is 8.68. The topological polar surface area (TPSA) is 80.9 Å². The summed E-state index contributed by atoms with van der Waals surface area (Å²) in [4.78, 5) is 11.2. The molecule has 0 saturated heterocycles. The van der Waals surface area contributed by atoms with Gasteiger partial charge in [-0.3, -0.25) is 4.79 Å². The number of hydrogen-bond acceptors (Lipinski definition) is 4. The summed E-state index contributed by atoms with van der Waals surface area (Å²) >= 11 is 0. The molecule has 0 radical (unpaired) electrons. The molecule has 0 aliphatic heterocycles. The molecule has 0 spiro atoms. The van der Waals surface area contributed by atoms with E-state index in [1.54, 1.807) is 4.68 Å². The van der Waals surface area contributed by atoms with E-state index in [0.29, 0.717) is 12.5 Å². The van der Waals surface area contributed by atoms with Gasteiger partial charge >= 0.3 is 5.97 Å². The summed E-state index contributed by atoms with van der Waals surface area (Å²) < 4.78 is 1.75. The first-order valence-electron chi connectivity index (χ1n) is 6.67. The van der Waals surface area contributed by atoms with Crippen molar-refractivity contribution < 1.29 is 9.90 Å². The van der Waals surface area contributed by atoms with E-state index in [1.165, 1.54) is 19.3 Å². The molecule has 0 aromatic carbocycles. The zero-order valence-electron chi connectivity index (χ0n) is 10.1. The minimum Gasteiger partial charge on any atom is -0.481 e. The van der Waals surface area contributed by atoms with Gasteiger partial charge in [-0.25, -0.2) is 4.68 Å². The van der Waals surface area contributed by atoms with Crippen molar-refractivity contribution in [2.24, 2.45) is 17.3 Å². The van der Waals surface area contributed by atoms with Crippen LogP contribution in [0.25, 0.3) is 0 Å². The number of nitrogens with zero attached hydrogens (tertiary/aromatic N) is 4. The molecule has 3 aliphatic carbocycles. The van der Waals surface area contributed by atoms with E-state index in [-0.39, 0.29) is 0 Å². The maximum absolute atomic E-state index is 11.2. The lowest BCUT2D eigenvalue weighted by Crippen LogP contribution is -2.24. The van der Waals surface area contributed by atoms with Crippen molar-refractivity contribution in [1.29, 1.82) is 0 Å². The lowest BCUT2D eigenvalue weighted by atomic mass is 10.0. The van der Waals surface area contributed by atoms with Crippen LogP contribution in [0.3, 0.4) is 0 Å². The van der Waals surface area contributed by atoms with Crippen LogP contribution in [0.2, 0.25) is 0 Å². The summed E-state index contributed by atoms with van der Waals surface area (Å²) in [5, 5.41) is 21.1. The quantitative estimate of drug-likeness (QED) is 0.861. The summed E-state index contributed by atoms with van der Waals surface area (Å²) in [5.41, 5.74) is -0.592. The Morgan fingerprint density at radius 2 is 2.06 bits per heavy atom. The zero-order valence-corrected chi connectivity index (χ0v) is 10.1. The number of hydrogen-bond donors (Lipinski definition) is 1. The molecular formula is C12H16N4O2. The second kappa shape index (κ2) is 3.30. The van der Waals surface area contributed by atoms with Crippen LogP contribution in [0.4, 0.5) is 0 Å². The van der Waals surface area contributed by atoms with Gasteiger partial charge in [-0.1, -0.05) is 0 Å². The molecule has 1 aromatic rings. The summed E-state index contributed by atoms with van der Waals surface area (Å²) in [6, 6.07) is 0. The van der Waals surface area contributed by atoms with Crippen molar-refractivity contribution in [3.63, 3.8) is 0 Å². The highest BCUT2D eigenvalue weighted by molar-refractivity contribution is 5.77. The number of rotatable bonds is 4. The Morgan fingerprint density at radius 3 is 2.67 bits per heavy atom. The Kier molecular flexibility index (Phi) is 1.92. The van der Waals surface area contributed by atoms with Crippen LogP contribution in [-0.4, -0.2) is 31.3 Å². The number of carboxylic acids is 1. The molecule has 6 nitrogen and oxygen atoms in total. The first kappa shape index (κ1) is 10.5. The van der Waals surface area contributed by atoms with E-state index >= 15 is 0 Å². The highest BCUT2D eigenvalue weighted by Crippen LogP contribution is 2.57. The smallest absolute Gasteiger partial charge is 0.311 e. The second-order valence-corrected chi connectivity index (χ2v) is 6.20. The molecule has 0 amide bonds. The molecule has 0 bridgehead atoms. The van der Waals surface area contributed by atoms with E-state index in [0.717, 1.165) is 30.5 Å². The van der Waals surface area contributed by atoms with Crippen LogP contribution in [0, 0.1) is 17.3 Å². The third-order valence-corrected chi connectivity index (χ3v) is 4.93. The highest BCUT2D eigenvalue weighted by Gasteiger charge is 2.52. The largest absolute Gasteiger partial charge is 0.481 e. The van der Waals surface area contributed by atoms with Crippen LogP contribution in [-0.2, 0) is 11.3 Å². The van der Waals surface area contributed by atoms with E-state index in [9.17, 15) is 9.90 Å². The Balaban J connectivity index is 1.55. The molecule has 3 saturated carbocycles. The normalized spacial score (nSPS) is 35.2. The minimum absolute atomic E-state index is 0.441. The summed E-state index contributed by atoms with van der Waals surface area (Å²) in [7, 11) is 0. The lowest BCUT2D eigenvalue weighted by molar-refractivity contribution is -0.144. The van der Waals surface area contributed by atoms with Crippen molar-refractivity contribution >= 4 is 5.97 Å². The van der Waals surface area contributed by atoms with Gasteiger partial charge in [0.15, 0.2) is 5.82 Å². The van der Waals surface area contributed by atoms with E-state index < -0.39 is 11.4 Å². The van der Waals surface area contributed by atoms with Crippen LogP contribution in [0.5, 0.6) is 0 Å². The van der Waals surface area contributed by atoms with Gasteiger partial charge in [0.1, 0.15) is 0 Å². The molecule has 3 aliphatic rings. The van der Waals surface area contributed by atoms with Crippen molar-refractivity contribution in [1.82, 2.24) is 20.2 Å². The molecule has 1 N–H and O–H groups in total. The third kappa shape index (κ3) is 1.47. The number of tetrazole rings is 1. The maximum Gasteiger partial charge on any atom is 0.311 e. The molecule has 4 rings (SSSR count). The van der Waals surface area contributed by atoms with Crippen molar-refractivity contribution in [2.75, 3.05) is 0 Å². The average Bonchev–Trinajstić information content (AvgIpc) is 3.18. The summed E-state index contributed by atoms with van der Waals surface area (Å²) in [6.07, 6.45) is 5.24. The molecule has 3 fully saturated rings. The SMILES string of the molecule is O=C(O)C1(Cn2nnnc2C2CC3CC3C2)CC1. The standard InChI is InChI=1S/C12H16N4O2/c17-11(18)12(1-2-12)6-16-10(13-14-15-16)9-4-7-3-8(7)5-9/h7-9H,1-6H2,(H,17,18). The predicted molar refractivity (Wildman–Crippen MR) is 60.7 cm³/mol. The molecule has 18 heavy (non-hydrogen) atoms. The van der Waals surface area contributed by atoms with E-state index in [2.05, 4.69) is 15.5 Å². The number of carbonyl (C=O) groups is 1. The van der Waals surface area contributed by atoms with Crippen LogP contribution >= 0.6 is 0 Å². The average molecular weight is 248 g/mol. The molecular weight excluding hydrogens is 232 g/mol. The molecule has 1 heterocycles. The monoisotopic (exact) mass is 248 g/mol. The van der Waals surface area contributed by atoms with Gasteiger partial charge in [-0.2, -0.15) is 0 Å². The van der Waals surface area contributed by atoms with Gasteiger partial charge in [-0.15, -0.1) is 5.10 Å². The van der Waals surface area contributed by atoms with Gasteiger partial charge in [0.25, 0.3) is 0 Å². The minimum atomic E-state index is -0.710. The molecule has 2 unspecified atom stereocenters. The van der Waals surface area contributed by atoms with Gasteiger partial charge in [0.05, 0.1) is 12.0 Å². The fraction of sp³-hybridized carbons (Fsp3) is 0.833. The zero-order chi connectivity index (χ0) is 12.3. The Hall–Kier alpha value is -1.46. The van der Waals surface area contributed by atoms with Crippen molar-refractivity contribution in [2.45, 2.75) is 44.6 Å². The summed E-state index contributed by atoms with van der Waals surface area (Å²) in [5.74, 6) is 2.42. The van der Waals surface area contributed by atoms with Gasteiger partial charge in [0.2, 0.25) is 0 Å². The molecule has 1 aromatic heterocycles. The maximum atomic E-state index is 11.2. The van der Waals surface area contributed by atoms with Gasteiger partial charge in [-0.05, 0) is 54.4 Å². The van der Waals surface area contributed by atoms with Crippen molar-refractivity contribution in [3.8, 4) is 0 Å². The predicted octanol–water partition coefficient (Wildman–Crippen LogP) is 1.05. The third-order valence-electron chi connectivity index (χ3n) is 4.93.